The standard InChI is InChI=1S/C15H16N6O/c22-10-8-17-14-5-6-18-15(20-14)19-12-1-3-13(4-2-12)21-9-7-16-11-21/h1-7,9,11,22H,8,10H2,(H2,17,18,19,20). The Kier molecular flexibility index (Phi) is 4.26. The first-order valence-electron chi connectivity index (χ1n) is 6.88. The average Bonchev–Trinajstić information content (AvgIpc) is 3.08. The van der Waals surface area contributed by atoms with E-state index in [2.05, 4.69) is 25.6 Å². The number of imidazole rings is 1. The van der Waals surface area contributed by atoms with Gasteiger partial charge in [-0.1, -0.05) is 0 Å². The van der Waals surface area contributed by atoms with Gasteiger partial charge in [-0.3, -0.25) is 0 Å². The number of anilines is 3. The molecule has 2 heterocycles. The Labute approximate surface area is 127 Å². The fraction of sp³-hybridized carbons (Fsp3) is 0.133. The maximum Gasteiger partial charge on any atom is 0.229 e. The third-order valence-electron chi connectivity index (χ3n) is 3.00. The molecular weight excluding hydrogens is 280 g/mol. The summed E-state index contributed by atoms with van der Waals surface area (Å²) in [6.45, 7) is 0.512. The van der Waals surface area contributed by atoms with Crippen LogP contribution >= 0.6 is 0 Å². The molecule has 0 aliphatic heterocycles. The number of benzene rings is 1. The summed E-state index contributed by atoms with van der Waals surface area (Å²) in [5.41, 5.74) is 1.92. The maximum absolute atomic E-state index is 8.81. The van der Waals surface area contributed by atoms with Crippen molar-refractivity contribution in [1.82, 2.24) is 19.5 Å². The smallest absolute Gasteiger partial charge is 0.229 e. The van der Waals surface area contributed by atoms with Crippen molar-refractivity contribution < 1.29 is 5.11 Å². The molecule has 3 aromatic rings. The van der Waals surface area contributed by atoms with Crippen molar-refractivity contribution in [2.24, 2.45) is 0 Å². The summed E-state index contributed by atoms with van der Waals surface area (Å²) in [4.78, 5) is 12.5. The molecule has 0 spiro atoms. The van der Waals surface area contributed by atoms with E-state index in [0.29, 0.717) is 18.3 Å². The van der Waals surface area contributed by atoms with E-state index in [1.54, 1.807) is 24.8 Å². The van der Waals surface area contributed by atoms with Crippen LogP contribution in [0.3, 0.4) is 0 Å². The normalized spacial score (nSPS) is 10.4. The second-order valence-electron chi connectivity index (χ2n) is 4.56. The Morgan fingerprint density at radius 2 is 1.95 bits per heavy atom. The highest BCUT2D eigenvalue weighted by Crippen LogP contribution is 2.16. The molecule has 0 unspecified atom stereocenters. The summed E-state index contributed by atoms with van der Waals surface area (Å²) in [6.07, 6.45) is 7.05. The van der Waals surface area contributed by atoms with Gasteiger partial charge in [0.2, 0.25) is 5.95 Å². The summed E-state index contributed by atoms with van der Waals surface area (Å²) in [6, 6.07) is 9.62. The minimum absolute atomic E-state index is 0.0580. The molecule has 1 aromatic carbocycles. The van der Waals surface area contributed by atoms with Crippen LogP contribution in [0.5, 0.6) is 0 Å². The lowest BCUT2D eigenvalue weighted by Crippen LogP contribution is -2.08. The van der Waals surface area contributed by atoms with Gasteiger partial charge in [0.1, 0.15) is 5.82 Å². The van der Waals surface area contributed by atoms with E-state index in [1.165, 1.54) is 0 Å². The number of aliphatic hydroxyl groups is 1. The molecule has 0 aliphatic rings. The molecule has 0 bridgehead atoms. The van der Waals surface area contributed by atoms with E-state index in [0.717, 1.165) is 11.4 Å². The van der Waals surface area contributed by atoms with Gasteiger partial charge in [-0.25, -0.2) is 9.97 Å². The van der Waals surface area contributed by atoms with Crippen LogP contribution < -0.4 is 10.6 Å². The van der Waals surface area contributed by atoms with Crippen molar-refractivity contribution in [3.63, 3.8) is 0 Å². The van der Waals surface area contributed by atoms with Crippen LogP contribution in [0.1, 0.15) is 0 Å². The lowest BCUT2D eigenvalue weighted by atomic mass is 10.3. The molecule has 22 heavy (non-hydrogen) atoms. The lowest BCUT2D eigenvalue weighted by molar-refractivity contribution is 0.311. The second kappa shape index (κ2) is 6.68. The lowest BCUT2D eigenvalue weighted by Gasteiger charge is -2.08. The van der Waals surface area contributed by atoms with Crippen LogP contribution in [0.2, 0.25) is 0 Å². The molecule has 0 saturated heterocycles. The first-order valence-corrected chi connectivity index (χ1v) is 6.88. The molecule has 2 aromatic heterocycles. The largest absolute Gasteiger partial charge is 0.395 e. The zero-order valence-corrected chi connectivity index (χ0v) is 11.8. The fourth-order valence-electron chi connectivity index (χ4n) is 1.96. The summed E-state index contributed by atoms with van der Waals surface area (Å²) in [5.74, 6) is 1.17. The third kappa shape index (κ3) is 3.39. The van der Waals surface area contributed by atoms with Crippen molar-refractivity contribution in [2.75, 3.05) is 23.8 Å². The molecule has 3 rings (SSSR count). The van der Waals surface area contributed by atoms with Crippen LogP contribution in [0.4, 0.5) is 17.5 Å². The van der Waals surface area contributed by atoms with E-state index in [9.17, 15) is 0 Å². The third-order valence-corrected chi connectivity index (χ3v) is 3.00. The van der Waals surface area contributed by atoms with E-state index in [-0.39, 0.29) is 6.61 Å². The number of rotatable bonds is 6. The Bertz CT molecular complexity index is 711. The van der Waals surface area contributed by atoms with Crippen LogP contribution in [-0.2, 0) is 0 Å². The zero-order chi connectivity index (χ0) is 15.2. The Morgan fingerprint density at radius 3 is 2.68 bits per heavy atom. The summed E-state index contributed by atoms with van der Waals surface area (Å²) < 4.78 is 1.93. The van der Waals surface area contributed by atoms with Gasteiger partial charge in [-0.15, -0.1) is 0 Å². The van der Waals surface area contributed by atoms with Gasteiger partial charge in [-0.05, 0) is 30.3 Å². The minimum atomic E-state index is 0.0580. The van der Waals surface area contributed by atoms with Gasteiger partial charge in [0, 0.05) is 36.5 Å². The molecule has 0 saturated carbocycles. The van der Waals surface area contributed by atoms with E-state index in [1.807, 2.05) is 35.0 Å². The van der Waals surface area contributed by atoms with Crippen LogP contribution in [0, 0.1) is 0 Å². The molecule has 3 N–H and O–H groups in total. The number of aliphatic hydroxyl groups excluding tert-OH is 1. The van der Waals surface area contributed by atoms with Gasteiger partial charge in [0.15, 0.2) is 0 Å². The number of aromatic nitrogens is 4. The fourth-order valence-corrected chi connectivity index (χ4v) is 1.96. The highest BCUT2D eigenvalue weighted by atomic mass is 16.3. The number of hydrogen-bond donors (Lipinski definition) is 3. The molecule has 0 amide bonds. The van der Waals surface area contributed by atoms with Crippen molar-refractivity contribution in [3.8, 4) is 5.69 Å². The molecular formula is C15H16N6O. The molecule has 7 heteroatoms. The average molecular weight is 296 g/mol. The maximum atomic E-state index is 8.81. The topological polar surface area (TPSA) is 87.9 Å². The zero-order valence-electron chi connectivity index (χ0n) is 11.8. The van der Waals surface area contributed by atoms with Gasteiger partial charge in [0.05, 0.1) is 12.9 Å². The monoisotopic (exact) mass is 296 g/mol. The minimum Gasteiger partial charge on any atom is -0.395 e. The van der Waals surface area contributed by atoms with Crippen LogP contribution in [-0.4, -0.2) is 37.8 Å². The van der Waals surface area contributed by atoms with Crippen LogP contribution in [0.15, 0.2) is 55.2 Å². The first-order chi connectivity index (χ1) is 10.8. The van der Waals surface area contributed by atoms with Crippen LogP contribution in [0.25, 0.3) is 5.69 Å². The summed E-state index contributed by atoms with van der Waals surface area (Å²) in [5, 5.41) is 14.9. The summed E-state index contributed by atoms with van der Waals surface area (Å²) in [7, 11) is 0. The number of nitrogens with zero attached hydrogens (tertiary/aromatic N) is 4. The van der Waals surface area contributed by atoms with E-state index >= 15 is 0 Å². The Balaban J connectivity index is 1.70. The van der Waals surface area contributed by atoms with Gasteiger partial charge >= 0.3 is 0 Å². The Morgan fingerprint density at radius 1 is 1.09 bits per heavy atom. The molecule has 0 aliphatic carbocycles. The molecule has 7 nitrogen and oxygen atoms in total. The van der Waals surface area contributed by atoms with E-state index < -0.39 is 0 Å². The number of hydrogen-bond acceptors (Lipinski definition) is 6. The highest BCUT2D eigenvalue weighted by Gasteiger charge is 2.01. The molecule has 0 radical (unpaired) electrons. The van der Waals surface area contributed by atoms with Gasteiger partial charge < -0.3 is 20.3 Å². The number of nitrogens with one attached hydrogen (secondary N) is 2. The van der Waals surface area contributed by atoms with Crippen molar-refractivity contribution in [3.05, 3.63) is 55.2 Å². The first kappa shape index (κ1) is 14.0. The SMILES string of the molecule is OCCNc1ccnc(Nc2ccc(-n3ccnc3)cc2)n1. The van der Waals surface area contributed by atoms with Crippen molar-refractivity contribution >= 4 is 17.5 Å². The van der Waals surface area contributed by atoms with E-state index in [4.69, 9.17) is 5.11 Å². The Hall–Kier alpha value is -2.93. The molecule has 0 atom stereocenters. The van der Waals surface area contributed by atoms with Crippen molar-refractivity contribution in [2.45, 2.75) is 0 Å². The quantitative estimate of drug-likeness (QED) is 0.643. The van der Waals surface area contributed by atoms with Gasteiger partial charge in [-0.2, -0.15) is 4.98 Å². The van der Waals surface area contributed by atoms with Gasteiger partial charge in [0.25, 0.3) is 0 Å². The molecule has 112 valence electrons. The summed E-state index contributed by atoms with van der Waals surface area (Å²) >= 11 is 0. The second-order valence-corrected chi connectivity index (χ2v) is 4.56. The molecule has 0 fully saturated rings. The highest BCUT2D eigenvalue weighted by molar-refractivity contribution is 5.56. The predicted molar refractivity (Wildman–Crippen MR) is 84.5 cm³/mol. The predicted octanol–water partition coefficient (Wildman–Crippen LogP) is 1.81. The van der Waals surface area contributed by atoms with Crippen molar-refractivity contribution in [1.29, 1.82) is 0 Å².